The molecule has 114 valence electrons. The predicted molar refractivity (Wildman–Crippen MR) is 82.0 cm³/mol. The summed E-state index contributed by atoms with van der Waals surface area (Å²) in [7, 11) is 0. The number of carboxylic acid groups (broad SMARTS) is 1. The number of amides is 2. The molecule has 20 heavy (non-hydrogen) atoms. The second-order valence-electron chi connectivity index (χ2n) is 4.99. The lowest BCUT2D eigenvalue weighted by molar-refractivity contribution is -0.144. The number of carboxylic acids is 1. The van der Waals surface area contributed by atoms with Crippen LogP contribution in [-0.2, 0) is 4.79 Å². The molecule has 0 bridgehead atoms. The van der Waals surface area contributed by atoms with Gasteiger partial charge in [0.1, 0.15) is 0 Å². The van der Waals surface area contributed by atoms with Crippen molar-refractivity contribution in [1.82, 2.24) is 10.6 Å². The average molecular weight is 300 g/mol. The lowest BCUT2D eigenvalue weighted by Gasteiger charge is -2.28. The summed E-state index contributed by atoms with van der Waals surface area (Å²) in [4.78, 5) is 22.7. The number of hydrogen-bond donors (Lipinski definition) is 3. The van der Waals surface area contributed by atoms with Gasteiger partial charge in [0.25, 0.3) is 0 Å². The molecular weight excluding hydrogens is 276 g/mol. The molecule has 0 aromatic heterocycles. The normalized spacial score (nSPS) is 22.0. The van der Waals surface area contributed by atoms with Crippen molar-refractivity contribution in [3.05, 3.63) is 12.7 Å². The molecule has 2 unspecified atom stereocenters. The first-order valence-corrected chi connectivity index (χ1v) is 8.23. The standard InChI is InChI=1S/C14H24N2O3S/c1-2-8-20-9-7-15-14(19)16-10-11-5-3-4-6-12(11)13(17)18/h2,11-12H,1,3-10H2,(H,17,18)(H2,15,16,19). The summed E-state index contributed by atoms with van der Waals surface area (Å²) in [5, 5.41) is 14.7. The fourth-order valence-electron chi connectivity index (χ4n) is 2.47. The molecule has 0 aromatic rings. The summed E-state index contributed by atoms with van der Waals surface area (Å²) in [6.45, 7) is 4.68. The fourth-order valence-corrected chi connectivity index (χ4v) is 3.05. The summed E-state index contributed by atoms with van der Waals surface area (Å²) in [6, 6.07) is -0.209. The van der Waals surface area contributed by atoms with E-state index >= 15 is 0 Å². The summed E-state index contributed by atoms with van der Waals surface area (Å²) in [5.41, 5.74) is 0. The van der Waals surface area contributed by atoms with Crippen molar-refractivity contribution in [2.45, 2.75) is 25.7 Å². The van der Waals surface area contributed by atoms with Gasteiger partial charge in [-0.05, 0) is 18.8 Å². The number of carbonyl (C=O) groups excluding carboxylic acids is 1. The van der Waals surface area contributed by atoms with Crippen LogP contribution in [0.5, 0.6) is 0 Å². The van der Waals surface area contributed by atoms with Gasteiger partial charge in [0.15, 0.2) is 0 Å². The van der Waals surface area contributed by atoms with Crippen LogP contribution in [0.15, 0.2) is 12.7 Å². The molecule has 0 aromatic carbocycles. The first kappa shape index (κ1) is 16.9. The zero-order valence-corrected chi connectivity index (χ0v) is 12.6. The first-order chi connectivity index (χ1) is 9.65. The number of carbonyl (C=O) groups is 2. The lowest BCUT2D eigenvalue weighted by atomic mass is 9.79. The molecule has 3 N–H and O–H groups in total. The molecule has 5 nitrogen and oxygen atoms in total. The summed E-state index contributed by atoms with van der Waals surface area (Å²) < 4.78 is 0. The number of thioether (sulfide) groups is 1. The van der Waals surface area contributed by atoms with Crippen molar-refractivity contribution in [3.63, 3.8) is 0 Å². The molecular formula is C14H24N2O3S. The molecule has 0 spiro atoms. The Kier molecular flexibility index (Phi) is 8.18. The van der Waals surface area contributed by atoms with E-state index in [2.05, 4.69) is 17.2 Å². The maximum Gasteiger partial charge on any atom is 0.314 e. The number of aliphatic carboxylic acids is 1. The van der Waals surface area contributed by atoms with Crippen LogP contribution in [0.4, 0.5) is 4.79 Å². The Morgan fingerprint density at radius 1 is 1.30 bits per heavy atom. The molecule has 0 saturated heterocycles. The third-order valence-corrected chi connectivity index (χ3v) is 4.48. The number of hydrogen-bond acceptors (Lipinski definition) is 3. The molecule has 6 heteroatoms. The van der Waals surface area contributed by atoms with Crippen molar-refractivity contribution in [2.75, 3.05) is 24.6 Å². The van der Waals surface area contributed by atoms with Crippen LogP contribution in [0.1, 0.15) is 25.7 Å². The smallest absolute Gasteiger partial charge is 0.314 e. The van der Waals surface area contributed by atoms with Crippen LogP contribution < -0.4 is 10.6 Å². The Morgan fingerprint density at radius 2 is 2.05 bits per heavy atom. The van der Waals surface area contributed by atoms with E-state index in [-0.39, 0.29) is 17.9 Å². The quantitative estimate of drug-likeness (QED) is 0.474. The van der Waals surface area contributed by atoms with Crippen LogP contribution in [0.25, 0.3) is 0 Å². The van der Waals surface area contributed by atoms with Gasteiger partial charge in [0, 0.05) is 24.6 Å². The minimum atomic E-state index is -0.738. The molecule has 0 heterocycles. The van der Waals surface area contributed by atoms with Gasteiger partial charge in [-0.2, -0.15) is 11.8 Å². The highest BCUT2D eigenvalue weighted by atomic mass is 32.2. The number of rotatable bonds is 8. The maximum absolute atomic E-state index is 11.6. The zero-order valence-electron chi connectivity index (χ0n) is 11.8. The van der Waals surface area contributed by atoms with Crippen LogP contribution in [0.3, 0.4) is 0 Å². The molecule has 1 aliphatic carbocycles. The largest absolute Gasteiger partial charge is 0.481 e. The van der Waals surface area contributed by atoms with Gasteiger partial charge in [-0.3, -0.25) is 4.79 Å². The first-order valence-electron chi connectivity index (χ1n) is 7.08. The van der Waals surface area contributed by atoms with Gasteiger partial charge < -0.3 is 15.7 Å². The van der Waals surface area contributed by atoms with Crippen LogP contribution in [0, 0.1) is 11.8 Å². The van der Waals surface area contributed by atoms with Crippen molar-refractivity contribution >= 4 is 23.8 Å². The molecule has 1 fully saturated rings. The highest BCUT2D eigenvalue weighted by Gasteiger charge is 2.30. The Bertz CT molecular complexity index is 336. The highest BCUT2D eigenvalue weighted by molar-refractivity contribution is 7.99. The van der Waals surface area contributed by atoms with Gasteiger partial charge in [0.2, 0.25) is 0 Å². The van der Waals surface area contributed by atoms with Crippen molar-refractivity contribution in [3.8, 4) is 0 Å². The summed E-state index contributed by atoms with van der Waals surface area (Å²) in [6.07, 6.45) is 5.46. The molecule has 2 atom stereocenters. The minimum absolute atomic E-state index is 0.0575. The summed E-state index contributed by atoms with van der Waals surface area (Å²) in [5.74, 6) is 0.735. The predicted octanol–water partition coefficient (Wildman–Crippen LogP) is 2.10. The molecule has 0 aliphatic heterocycles. The van der Waals surface area contributed by atoms with Gasteiger partial charge in [0.05, 0.1) is 5.92 Å². The Balaban J connectivity index is 2.18. The van der Waals surface area contributed by atoms with Gasteiger partial charge in [-0.25, -0.2) is 4.79 Å². The van der Waals surface area contributed by atoms with Gasteiger partial charge in [-0.1, -0.05) is 18.9 Å². The SMILES string of the molecule is C=CCSCCNC(=O)NCC1CCCCC1C(=O)O. The van der Waals surface area contributed by atoms with Crippen LogP contribution in [-0.4, -0.2) is 41.7 Å². The third kappa shape index (κ3) is 6.32. The van der Waals surface area contributed by atoms with Crippen molar-refractivity contribution < 1.29 is 14.7 Å². The van der Waals surface area contributed by atoms with E-state index in [9.17, 15) is 9.59 Å². The third-order valence-electron chi connectivity index (χ3n) is 3.52. The van der Waals surface area contributed by atoms with E-state index < -0.39 is 5.97 Å². The fraction of sp³-hybridized carbons (Fsp3) is 0.714. The van der Waals surface area contributed by atoms with Crippen molar-refractivity contribution in [2.24, 2.45) is 11.8 Å². The average Bonchev–Trinajstić information content (AvgIpc) is 2.45. The van der Waals surface area contributed by atoms with Gasteiger partial charge in [-0.15, -0.1) is 6.58 Å². The zero-order chi connectivity index (χ0) is 14.8. The Labute approximate surface area is 124 Å². The van der Waals surface area contributed by atoms with E-state index in [4.69, 9.17) is 5.11 Å². The molecule has 2 amide bonds. The van der Waals surface area contributed by atoms with Crippen LogP contribution >= 0.6 is 11.8 Å². The second kappa shape index (κ2) is 9.69. The van der Waals surface area contributed by atoms with E-state index in [0.717, 1.165) is 37.2 Å². The van der Waals surface area contributed by atoms with E-state index in [1.807, 2.05) is 6.08 Å². The second-order valence-corrected chi connectivity index (χ2v) is 6.14. The minimum Gasteiger partial charge on any atom is -0.481 e. The lowest BCUT2D eigenvalue weighted by Crippen LogP contribution is -2.42. The highest BCUT2D eigenvalue weighted by Crippen LogP contribution is 2.29. The molecule has 1 rings (SSSR count). The number of nitrogens with one attached hydrogen (secondary N) is 2. The Morgan fingerprint density at radius 3 is 2.75 bits per heavy atom. The topological polar surface area (TPSA) is 78.4 Å². The van der Waals surface area contributed by atoms with E-state index in [1.54, 1.807) is 11.8 Å². The monoisotopic (exact) mass is 300 g/mol. The maximum atomic E-state index is 11.6. The number of urea groups is 1. The molecule has 1 saturated carbocycles. The van der Waals surface area contributed by atoms with Crippen molar-refractivity contribution in [1.29, 1.82) is 0 Å². The van der Waals surface area contributed by atoms with E-state index in [1.165, 1.54) is 0 Å². The van der Waals surface area contributed by atoms with Crippen LogP contribution in [0.2, 0.25) is 0 Å². The molecule has 0 radical (unpaired) electrons. The van der Waals surface area contributed by atoms with E-state index in [0.29, 0.717) is 13.1 Å². The molecule has 1 aliphatic rings. The summed E-state index contributed by atoms with van der Waals surface area (Å²) >= 11 is 1.71. The van der Waals surface area contributed by atoms with Gasteiger partial charge >= 0.3 is 12.0 Å². The Hall–Kier alpha value is -1.17.